The Balaban J connectivity index is 1.77. The Morgan fingerprint density at radius 2 is 2.00 bits per heavy atom. The molecule has 1 amide bonds. The molecule has 0 aromatic heterocycles. The summed E-state index contributed by atoms with van der Waals surface area (Å²) in [7, 11) is 0. The van der Waals surface area contributed by atoms with Crippen LogP contribution < -0.4 is 0 Å². The predicted octanol–water partition coefficient (Wildman–Crippen LogP) is 3.08. The van der Waals surface area contributed by atoms with Gasteiger partial charge in [-0.3, -0.25) is 4.79 Å². The first kappa shape index (κ1) is 14.8. The summed E-state index contributed by atoms with van der Waals surface area (Å²) in [5.41, 5.74) is 1.04. The molecule has 0 aliphatic carbocycles. The first-order valence-electron chi connectivity index (χ1n) is 7.78. The third-order valence-electron chi connectivity index (χ3n) is 4.46. The van der Waals surface area contributed by atoms with Crippen LogP contribution in [-0.4, -0.2) is 35.1 Å². The van der Waals surface area contributed by atoms with Gasteiger partial charge in [0.1, 0.15) is 0 Å². The maximum atomic E-state index is 12.3. The van der Waals surface area contributed by atoms with E-state index in [-0.39, 0.29) is 11.8 Å². The lowest BCUT2D eigenvalue weighted by Gasteiger charge is -2.33. The van der Waals surface area contributed by atoms with Gasteiger partial charge in [0.25, 0.3) is 0 Å². The third kappa shape index (κ3) is 3.04. The summed E-state index contributed by atoms with van der Waals surface area (Å²) in [6, 6.07) is 14.2. The highest BCUT2D eigenvalue weighted by Crippen LogP contribution is 2.20. The van der Waals surface area contributed by atoms with E-state index in [9.17, 15) is 9.90 Å². The highest BCUT2D eigenvalue weighted by Gasteiger charge is 2.26. The first-order chi connectivity index (χ1) is 10.6. The quantitative estimate of drug-likeness (QED) is 0.865. The molecule has 0 bridgehead atoms. The number of carbonyl (C=O) groups is 1. The molecule has 1 saturated heterocycles. The van der Waals surface area contributed by atoms with Crippen molar-refractivity contribution in [3.8, 4) is 0 Å². The number of piperidine rings is 1. The Bertz CT molecular complexity index is 702. The van der Waals surface area contributed by atoms with Crippen molar-refractivity contribution in [1.29, 1.82) is 0 Å². The molecule has 3 heteroatoms. The second kappa shape index (κ2) is 6.32. The van der Waals surface area contributed by atoms with E-state index in [4.69, 9.17) is 0 Å². The molecule has 2 atom stereocenters. The first-order valence-corrected chi connectivity index (χ1v) is 7.78. The summed E-state index contributed by atoms with van der Waals surface area (Å²) >= 11 is 0. The average Bonchev–Trinajstić information content (AvgIpc) is 2.55. The number of aliphatic hydroxyl groups excluding tert-OH is 1. The topological polar surface area (TPSA) is 40.5 Å². The lowest BCUT2D eigenvalue weighted by Crippen LogP contribution is -2.45. The molecule has 2 unspecified atom stereocenters. The highest BCUT2D eigenvalue weighted by molar-refractivity contribution is 5.96. The van der Waals surface area contributed by atoms with Gasteiger partial charge in [0.15, 0.2) is 0 Å². The Kier molecular flexibility index (Phi) is 4.25. The number of aliphatic hydroxyl groups is 1. The van der Waals surface area contributed by atoms with Gasteiger partial charge in [0, 0.05) is 19.2 Å². The molecule has 1 heterocycles. The summed E-state index contributed by atoms with van der Waals surface area (Å²) in [4.78, 5) is 14.0. The van der Waals surface area contributed by atoms with Crippen LogP contribution in [0.15, 0.2) is 48.5 Å². The number of hydrogen-bond donors (Lipinski definition) is 1. The lowest BCUT2D eigenvalue weighted by atomic mass is 9.96. The van der Waals surface area contributed by atoms with Crippen molar-refractivity contribution in [2.24, 2.45) is 5.92 Å². The minimum Gasteiger partial charge on any atom is -0.391 e. The molecular formula is C19H21NO2. The molecule has 1 aliphatic rings. The lowest BCUT2D eigenvalue weighted by molar-refractivity contribution is -0.130. The molecule has 0 spiro atoms. The van der Waals surface area contributed by atoms with Gasteiger partial charge >= 0.3 is 0 Å². The van der Waals surface area contributed by atoms with Gasteiger partial charge in [-0.2, -0.15) is 0 Å². The Morgan fingerprint density at radius 1 is 1.23 bits per heavy atom. The van der Waals surface area contributed by atoms with Crippen molar-refractivity contribution in [1.82, 2.24) is 4.90 Å². The van der Waals surface area contributed by atoms with E-state index in [2.05, 4.69) is 18.2 Å². The van der Waals surface area contributed by atoms with Crippen LogP contribution in [0.3, 0.4) is 0 Å². The van der Waals surface area contributed by atoms with Crippen molar-refractivity contribution in [3.63, 3.8) is 0 Å². The van der Waals surface area contributed by atoms with Crippen LogP contribution in [-0.2, 0) is 4.79 Å². The van der Waals surface area contributed by atoms with Crippen LogP contribution in [0.4, 0.5) is 0 Å². The van der Waals surface area contributed by atoms with Crippen molar-refractivity contribution in [3.05, 3.63) is 54.1 Å². The highest BCUT2D eigenvalue weighted by atomic mass is 16.3. The maximum Gasteiger partial charge on any atom is 0.246 e. The van der Waals surface area contributed by atoms with E-state index in [1.54, 1.807) is 11.0 Å². The monoisotopic (exact) mass is 295 g/mol. The SMILES string of the molecule is CC1CCN(C(=O)/C=C/c2cccc3ccccc23)CC1O. The molecule has 3 nitrogen and oxygen atoms in total. The fraction of sp³-hybridized carbons (Fsp3) is 0.316. The molecule has 1 aliphatic heterocycles. The summed E-state index contributed by atoms with van der Waals surface area (Å²) in [5.74, 6) is 0.241. The largest absolute Gasteiger partial charge is 0.391 e. The van der Waals surface area contributed by atoms with E-state index in [0.29, 0.717) is 6.54 Å². The van der Waals surface area contributed by atoms with Crippen LogP contribution in [0, 0.1) is 5.92 Å². The van der Waals surface area contributed by atoms with E-state index >= 15 is 0 Å². The van der Waals surface area contributed by atoms with Crippen LogP contribution >= 0.6 is 0 Å². The van der Waals surface area contributed by atoms with Gasteiger partial charge in [-0.1, -0.05) is 49.4 Å². The number of nitrogens with zero attached hydrogens (tertiary/aromatic N) is 1. The third-order valence-corrected chi connectivity index (χ3v) is 4.46. The van der Waals surface area contributed by atoms with Crippen LogP contribution in [0.5, 0.6) is 0 Å². The minimum atomic E-state index is -0.413. The van der Waals surface area contributed by atoms with Gasteiger partial charge in [0.05, 0.1) is 6.10 Å². The molecule has 3 rings (SSSR count). The minimum absolute atomic E-state index is 0.0288. The number of rotatable bonds is 2. The number of amides is 1. The number of hydrogen-bond acceptors (Lipinski definition) is 2. The molecule has 22 heavy (non-hydrogen) atoms. The molecule has 0 saturated carbocycles. The van der Waals surface area contributed by atoms with Crippen molar-refractivity contribution in [2.75, 3.05) is 13.1 Å². The normalized spacial score (nSPS) is 22.4. The molecular weight excluding hydrogens is 274 g/mol. The molecule has 114 valence electrons. The number of fused-ring (bicyclic) bond motifs is 1. The molecule has 1 N–H and O–H groups in total. The second-order valence-electron chi connectivity index (χ2n) is 6.02. The maximum absolute atomic E-state index is 12.3. The average molecular weight is 295 g/mol. The van der Waals surface area contributed by atoms with Crippen LogP contribution in [0.1, 0.15) is 18.9 Å². The number of carbonyl (C=O) groups excluding carboxylic acids is 1. The fourth-order valence-corrected chi connectivity index (χ4v) is 2.91. The molecule has 1 fully saturated rings. The zero-order chi connectivity index (χ0) is 15.5. The number of likely N-dealkylation sites (tertiary alicyclic amines) is 1. The van der Waals surface area contributed by atoms with E-state index in [1.165, 1.54) is 5.39 Å². The van der Waals surface area contributed by atoms with Gasteiger partial charge in [-0.15, -0.1) is 0 Å². The van der Waals surface area contributed by atoms with Crippen molar-refractivity contribution < 1.29 is 9.90 Å². The van der Waals surface area contributed by atoms with Crippen molar-refractivity contribution >= 4 is 22.8 Å². The van der Waals surface area contributed by atoms with E-state index in [1.807, 2.05) is 37.3 Å². The Morgan fingerprint density at radius 3 is 2.82 bits per heavy atom. The molecule has 0 radical (unpaired) electrons. The van der Waals surface area contributed by atoms with Crippen LogP contribution in [0.2, 0.25) is 0 Å². The van der Waals surface area contributed by atoms with Gasteiger partial charge in [-0.05, 0) is 34.8 Å². The molecule has 2 aromatic rings. The van der Waals surface area contributed by atoms with E-state index < -0.39 is 6.10 Å². The zero-order valence-electron chi connectivity index (χ0n) is 12.8. The smallest absolute Gasteiger partial charge is 0.246 e. The zero-order valence-corrected chi connectivity index (χ0v) is 12.8. The Labute approximate surface area is 130 Å². The second-order valence-corrected chi connectivity index (χ2v) is 6.02. The van der Waals surface area contributed by atoms with Gasteiger partial charge in [-0.25, -0.2) is 0 Å². The summed E-state index contributed by atoms with van der Waals surface area (Å²) in [6.07, 6.45) is 3.93. The van der Waals surface area contributed by atoms with E-state index in [0.717, 1.165) is 23.9 Å². The number of benzene rings is 2. The summed E-state index contributed by atoms with van der Waals surface area (Å²) in [6.45, 7) is 3.18. The van der Waals surface area contributed by atoms with Gasteiger partial charge < -0.3 is 10.0 Å². The van der Waals surface area contributed by atoms with Crippen molar-refractivity contribution in [2.45, 2.75) is 19.4 Å². The van der Waals surface area contributed by atoms with Crippen LogP contribution in [0.25, 0.3) is 16.8 Å². The fourth-order valence-electron chi connectivity index (χ4n) is 2.91. The Hall–Kier alpha value is -2.13. The summed E-state index contributed by atoms with van der Waals surface area (Å²) < 4.78 is 0. The standard InChI is InChI=1S/C19H21NO2/c1-14-11-12-20(13-18(14)21)19(22)10-9-16-7-4-6-15-5-2-3-8-17(15)16/h2-10,14,18,21H,11-13H2,1H3/b10-9+. The predicted molar refractivity (Wildman–Crippen MR) is 89.3 cm³/mol. The number of β-amino-alcohol motifs (C(OH)–C–C–N with tert-alkyl or cyclic N) is 1. The summed E-state index contributed by atoms with van der Waals surface area (Å²) in [5, 5.41) is 12.2. The molecule has 2 aromatic carbocycles. The van der Waals surface area contributed by atoms with Gasteiger partial charge in [0.2, 0.25) is 5.91 Å².